The molecule has 1 heterocycles. The number of rotatable bonds is 20. The maximum absolute atomic E-state index is 14.0. The molecule has 2 aromatic carbocycles. The Kier molecular flexibility index (Phi) is 15.2. The topological polar surface area (TPSA) is 223 Å². The summed E-state index contributed by atoms with van der Waals surface area (Å²) in [6, 6.07) is 16.9. The Bertz CT molecular complexity index is 1890. The predicted octanol–water partition coefficient (Wildman–Crippen LogP) is 3.24. The summed E-state index contributed by atoms with van der Waals surface area (Å²) in [5.74, 6) is -8.60. The maximum atomic E-state index is 14.0. The molecule has 4 N–H and O–H groups in total. The van der Waals surface area contributed by atoms with Crippen LogP contribution in [0.15, 0.2) is 78.2 Å². The van der Waals surface area contributed by atoms with E-state index in [9.17, 15) is 47.4 Å². The number of aliphatic carboxylic acids is 2. The van der Waals surface area contributed by atoms with E-state index in [0.29, 0.717) is 16.8 Å². The summed E-state index contributed by atoms with van der Waals surface area (Å²) in [6.45, 7) is 3.24. The van der Waals surface area contributed by atoms with Crippen LogP contribution < -0.4 is 10.6 Å². The molecule has 0 fully saturated rings. The smallest absolute Gasteiger partial charge is 0.306 e. The number of esters is 1. The first-order valence-electron chi connectivity index (χ1n) is 16.5. The Balaban J connectivity index is 1.87. The summed E-state index contributed by atoms with van der Waals surface area (Å²) < 4.78 is 28.6. The number of nitrogens with one attached hydrogen (secondary N) is 2. The van der Waals surface area contributed by atoms with Crippen LogP contribution in [-0.4, -0.2) is 77.5 Å². The van der Waals surface area contributed by atoms with Crippen LogP contribution in [0.5, 0.6) is 0 Å². The fourth-order valence-corrected chi connectivity index (χ4v) is 5.78. The van der Waals surface area contributed by atoms with Gasteiger partial charge in [-0.25, -0.2) is 8.42 Å². The molecular formula is C37H43N3O11S. The van der Waals surface area contributed by atoms with Gasteiger partial charge < -0.3 is 25.6 Å². The Morgan fingerprint density at radius 3 is 2.10 bits per heavy atom. The number of carbonyl (C=O) groups excluding carboxylic acids is 4. The van der Waals surface area contributed by atoms with Crippen LogP contribution >= 0.6 is 0 Å². The number of aromatic nitrogens is 1. The molecular weight excluding hydrogens is 694 g/mol. The summed E-state index contributed by atoms with van der Waals surface area (Å²) in [6.07, 6.45) is -0.553. The van der Waals surface area contributed by atoms with Crippen LogP contribution in [0.25, 0.3) is 10.9 Å². The normalized spacial score (nSPS) is 13.9. The van der Waals surface area contributed by atoms with Gasteiger partial charge in [0.1, 0.15) is 6.61 Å². The number of carboxylic acid groups (broad SMARTS) is 2. The number of ether oxygens (including phenoxy) is 1. The Hall–Kier alpha value is -5.44. The largest absolute Gasteiger partial charge is 0.481 e. The second-order valence-corrected chi connectivity index (χ2v) is 14.7. The van der Waals surface area contributed by atoms with Gasteiger partial charge in [-0.15, -0.1) is 0 Å². The SMILES string of the molecule is CC(C)[C@H](CC(=O)[C@@H](Cc1ccc2ccccc2n1)NC(=O)[C@H](CC(=O)O)CC(=O)OCc1ccccc1)C(=O)N[C@H](/C=C/S(C)(=O)=O)CC(=O)O. The molecule has 14 nitrogen and oxygen atoms in total. The summed E-state index contributed by atoms with van der Waals surface area (Å²) in [7, 11) is -3.64. The molecule has 3 aromatic rings. The first-order chi connectivity index (χ1) is 24.5. The van der Waals surface area contributed by atoms with Crippen molar-refractivity contribution in [2.24, 2.45) is 17.8 Å². The van der Waals surface area contributed by atoms with Crippen LogP contribution in [0.4, 0.5) is 0 Å². The van der Waals surface area contributed by atoms with E-state index in [0.717, 1.165) is 23.1 Å². The highest BCUT2D eigenvalue weighted by Crippen LogP contribution is 2.21. The highest BCUT2D eigenvalue weighted by atomic mass is 32.2. The summed E-state index contributed by atoms with van der Waals surface area (Å²) >= 11 is 0. The average molecular weight is 738 g/mol. The van der Waals surface area contributed by atoms with E-state index < -0.39 is 101 Å². The number of carbonyl (C=O) groups is 6. The molecule has 0 unspecified atom stereocenters. The molecule has 0 radical (unpaired) electrons. The number of hydrogen-bond donors (Lipinski definition) is 4. The number of para-hydroxylation sites is 1. The number of pyridine rings is 1. The number of hydrogen-bond acceptors (Lipinski definition) is 10. The molecule has 0 aliphatic carbocycles. The Morgan fingerprint density at radius 2 is 1.46 bits per heavy atom. The van der Waals surface area contributed by atoms with Gasteiger partial charge in [-0.1, -0.05) is 74.5 Å². The van der Waals surface area contributed by atoms with Gasteiger partial charge in [0.25, 0.3) is 0 Å². The van der Waals surface area contributed by atoms with Gasteiger partial charge in [0.05, 0.1) is 42.8 Å². The van der Waals surface area contributed by atoms with Crippen molar-refractivity contribution in [2.75, 3.05) is 6.26 Å². The summed E-state index contributed by atoms with van der Waals surface area (Å²) in [4.78, 5) is 81.5. The molecule has 278 valence electrons. The molecule has 0 spiro atoms. The lowest BCUT2D eigenvalue weighted by atomic mass is 9.86. The monoisotopic (exact) mass is 737 g/mol. The van der Waals surface area contributed by atoms with Crippen molar-refractivity contribution < 1.29 is 52.1 Å². The van der Waals surface area contributed by atoms with Crippen molar-refractivity contribution >= 4 is 56.2 Å². The van der Waals surface area contributed by atoms with E-state index in [1.54, 1.807) is 68.4 Å². The highest BCUT2D eigenvalue weighted by Gasteiger charge is 2.33. The Labute approximate surface area is 301 Å². The van der Waals surface area contributed by atoms with E-state index in [4.69, 9.17) is 4.74 Å². The van der Waals surface area contributed by atoms with Crippen molar-refractivity contribution in [1.29, 1.82) is 0 Å². The van der Waals surface area contributed by atoms with Crippen LogP contribution in [0, 0.1) is 17.8 Å². The van der Waals surface area contributed by atoms with Gasteiger partial charge in [-0.3, -0.25) is 33.8 Å². The molecule has 0 saturated carbocycles. The van der Waals surface area contributed by atoms with Gasteiger partial charge in [0.2, 0.25) is 11.8 Å². The molecule has 3 rings (SSSR count). The van der Waals surface area contributed by atoms with E-state index in [2.05, 4.69) is 15.6 Å². The van der Waals surface area contributed by atoms with Crippen molar-refractivity contribution in [1.82, 2.24) is 15.6 Å². The minimum absolute atomic E-state index is 0.0914. The number of fused-ring (bicyclic) bond motifs is 1. The highest BCUT2D eigenvalue weighted by molar-refractivity contribution is 7.93. The van der Waals surface area contributed by atoms with Crippen LogP contribution in [0.2, 0.25) is 0 Å². The van der Waals surface area contributed by atoms with Gasteiger partial charge in [0.15, 0.2) is 15.6 Å². The third-order valence-electron chi connectivity index (χ3n) is 8.06. The van der Waals surface area contributed by atoms with Crippen molar-refractivity contribution in [3.05, 3.63) is 89.5 Å². The molecule has 15 heteroatoms. The fourth-order valence-electron chi connectivity index (χ4n) is 5.31. The second-order valence-electron chi connectivity index (χ2n) is 12.8. The summed E-state index contributed by atoms with van der Waals surface area (Å²) in [5.41, 5.74) is 1.72. The van der Waals surface area contributed by atoms with Gasteiger partial charge in [0, 0.05) is 41.5 Å². The molecule has 1 aromatic heterocycles. The van der Waals surface area contributed by atoms with Crippen LogP contribution in [0.3, 0.4) is 0 Å². The number of carboxylic acids is 2. The number of benzene rings is 2. The maximum Gasteiger partial charge on any atom is 0.306 e. The molecule has 4 atom stereocenters. The van der Waals surface area contributed by atoms with E-state index in [-0.39, 0.29) is 13.0 Å². The number of Topliss-reactive ketones (excluding diaryl/α,β-unsaturated/α-hetero) is 1. The van der Waals surface area contributed by atoms with Gasteiger partial charge in [-0.05, 0) is 23.6 Å². The van der Waals surface area contributed by atoms with Crippen LogP contribution in [-0.2, 0) is 56.4 Å². The number of nitrogens with zero attached hydrogens (tertiary/aromatic N) is 1. The molecule has 0 bridgehead atoms. The minimum Gasteiger partial charge on any atom is -0.481 e. The molecule has 0 aliphatic heterocycles. The minimum atomic E-state index is -3.64. The number of ketones is 1. The third-order valence-corrected chi connectivity index (χ3v) is 8.72. The average Bonchev–Trinajstić information content (AvgIpc) is 3.07. The zero-order chi connectivity index (χ0) is 38.4. The first kappa shape index (κ1) is 41.0. The van der Waals surface area contributed by atoms with Crippen LogP contribution in [0.1, 0.15) is 50.8 Å². The molecule has 0 aliphatic rings. The van der Waals surface area contributed by atoms with Crippen molar-refractivity contribution in [3.63, 3.8) is 0 Å². The molecule has 2 amide bonds. The lowest BCUT2D eigenvalue weighted by molar-refractivity contribution is -0.150. The van der Waals surface area contributed by atoms with Gasteiger partial charge >= 0.3 is 17.9 Å². The predicted molar refractivity (Wildman–Crippen MR) is 190 cm³/mol. The number of amides is 2. The lowest BCUT2D eigenvalue weighted by Crippen LogP contribution is -2.48. The number of sulfone groups is 1. The van der Waals surface area contributed by atoms with Gasteiger partial charge in [-0.2, -0.15) is 0 Å². The zero-order valence-electron chi connectivity index (χ0n) is 29.1. The molecule has 0 saturated heterocycles. The quantitative estimate of drug-likeness (QED) is 0.123. The standard InChI is InChI=1S/C37H43N3O11S/c1-23(2)29(37(48)39-28(20-34(44)45)15-16-52(3,49)50)21-32(41)31(19-27-14-13-25-11-7-8-12-30(25)38-27)40-36(47)26(17-33(42)43)18-35(46)51-22-24-9-5-4-6-10-24/h4-16,23,26,28-29,31H,17-22H2,1-3H3,(H,39,48)(H,40,47)(H,42,43)(H,44,45)/b16-15+/t26-,28-,29+,31-/m1/s1. The van der Waals surface area contributed by atoms with Crippen molar-refractivity contribution in [3.8, 4) is 0 Å². The van der Waals surface area contributed by atoms with E-state index >= 15 is 0 Å². The van der Waals surface area contributed by atoms with Crippen molar-refractivity contribution in [2.45, 2.75) is 64.6 Å². The Morgan fingerprint density at radius 1 is 0.808 bits per heavy atom. The van der Waals surface area contributed by atoms with E-state index in [1.807, 2.05) is 12.1 Å². The zero-order valence-corrected chi connectivity index (χ0v) is 29.9. The lowest BCUT2D eigenvalue weighted by Gasteiger charge is -2.26. The molecule has 52 heavy (non-hydrogen) atoms. The van der Waals surface area contributed by atoms with E-state index in [1.165, 1.54) is 0 Å². The first-order valence-corrected chi connectivity index (χ1v) is 18.5. The summed E-state index contributed by atoms with van der Waals surface area (Å²) in [5, 5.41) is 25.6. The second kappa shape index (κ2) is 19.2. The third kappa shape index (κ3) is 14.1. The fraction of sp³-hybridized carbons (Fsp3) is 0.378.